The number of Topliss-reactive ketones (excluding diaryl/α,β-unsaturated/α-hetero) is 1. The number of hydrogen-bond acceptors (Lipinski definition) is 7. The highest BCUT2D eigenvalue weighted by atomic mass is 16.6. The Bertz CT molecular complexity index is 923. The van der Waals surface area contributed by atoms with Crippen LogP contribution in [0, 0.1) is 11.8 Å². The van der Waals surface area contributed by atoms with Crippen molar-refractivity contribution in [1.82, 2.24) is 4.90 Å². The van der Waals surface area contributed by atoms with Gasteiger partial charge in [-0.05, 0) is 36.5 Å². The highest BCUT2D eigenvalue weighted by Gasteiger charge is 2.46. The van der Waals surface area contributed by atoms with Crippen LogP contribution < -0.4 is 9.47 Å². The van der Waals surface area contributed by atoms with Crippen molar-refractivity contribution in [2.24, 2.45) is 11.8 Å². The number of fused-ring (bicyclic) bond motifs is 2. The minimum atomic E-state index is -0.294. The average molecular weight is 458 g/mol. The summed E-state index contributed by atoms with van der Waals surface area (Å²) in [4.78, 5) is 27.9. The zero-order valence-electron chi connectivity index (χ0n) is 19.0. The van der Waals surface area contributed by atoms with Crippen molar-refractivity contribution < 1.29 is 33.3 Å². The lowest BCUT2D eigenvalue weighted by Gasteiger charge is -2.42. The van der Waals surface area contributed by atoms with Crippen LogP contribution in [0.25, 0.3) is 5.57 Å². The van der Waals surface area contributed by atoms with Crippen LogP contribution in [-0.2, 0) is 19.0 Å². The quantitative estimate of drug-likeness (QED) is 0.685. The van der Waals surface area contributed by atoms with Gasteiger partial charge in [0.1, 0.15) is 25.4 Å². The second kappa shape index (κ2) is 9.63. The Morgan fingerprint density at radius 2 is 1.88 bits per heavy atom. The Morgan fingerprint density at radius 1 is 1.09 bits per heavy atom. The van der Waals surface area contributed by atoms with E-state index < -0.39 is 0 Å². The van der Waals surface area contributed by atoms with Crippen LogP contribution in [-0.4, -0.2) is 68.5 Å². The van der Waals surface area contributed by atoms with E-state index in [9.17, 15) is 9.59 Å². The molecule has 1 aliphatic carbocycles. The van der Waals surface area contributed by atoms with E-state index in [1.807, 2.05) is 18.2 Å². The van der Waals surface area contributed by atoms with Gasteiger partial charge in [0, 0.05) is 19.5 Å². The van der Waals surface area contributed by atoms with Gasteiger partial charge in [0.2, 0.25) is 0 Å². The molecule has 0 aromatic heterocycles. The van der Waals surface area contributed by atoms with Crippen molar-refractivity contribution in [2.75, 3.05) is 39.5 Å². The molecule has 4 aliphatic rings. The molecule has 1 saturated heterocycles. The van der Waals surface area contributed by atoms with Crippen molar-refractivity contribution in [3.63, 3.8) is 0 Å². The average Bonchev–Trinajstić information content (AvgIpc) is 2.85. The highest BCUT2D eigenvalue weighted by molar-refractivity contribution is 6.22. The molecule has 8 heteroatoms. The lowest BCUT2D eigenvalue weighted by atomic mass is 9.71. The first-order valence-corrected chi connectivity index (χ1v) is 12.0. The normalized spacial score (nSPS) is 28.9. The van der Waals surface area contributed by atoms with E-state index in [0.717, 1.165) is 18.4 Å². The summed E-state index contributed by atoms with van der Waals surface area (Å²) in [5.74, 6) is 1.32. The van der Waals surface area contributed by atoms with E-state index in [-0.39, 0.29) is 35.9 Å². The summed E-state index contributed by atoms with van der Waals surface area (Å²) in [7, 11) is 0. The third-order valence-electron chi connectivity index (χ3n) is 6.99. The molecule has 5 rings (SSSR count). The molecule has 3 heterocycles. The van der Waals surface area contributed by atoms with Gasteiger partial charge >= 0.3 is 6.09 Å². The van der Waals surface area contributed by atoms with Crippen molar-refractivity contribution >= 4 is 17.4 Å². The van der Waals surface area contributed by atoms with Crippen molar-refractivity contribution in [2.45, 2.75) is 44.8 Å². The smallest absolute Gasteiger partial charge is 0.410 e. The number of benzene rings is 1. The van der Waals surface area contributed by atoms with Crippen LogP contribution in [0.2, 0.25) is 0 Å². The Kier molecular flexibility index (Phi) is 6.44. The maximum Gasteiger partial charge on any atom is 0.410 e. The summed E-state index contributed by atoms with van der Waals surface area (Å²) < 4.78 is 28.6. The summed E-state index contributed by atoms with van der Waals surface area (Å²) in [6.45, 7) is 5.30. The van der Waals surface area contributed by atoms with Crippen LogP contribution in [0.4, 0.5) is 4.79 Å². The van der Waals surface area contributed by atoms with E-state index >= 15 is 0 Å². The molecule has 1 saturated carbocycles. The van der Waals surface area contributed by atoms with Gasteiger partial charge < -0.3 is 28.6 Å². The SMILES string of the molecule is CCCC1CC2C(=O)C(c3ccc4c(c3)OCCO4)=COC2CC1OC(=O)N1CCOCC1. The molecule has 1 amide bonds. The number of amides is 1. The van der Waals surface area contributed by atoms with Crippen LogP contribution >= 0.6 is 0 Å². The van der Waals surface area contributed by atoms with Crippen LogP contribution in [0.3, 0.4) is 0 Å². The predicted octanol–water partition coefficient (Wildman–Crippen LogP) is 3.43. The van der Waals surface area contributed by atoms with Gasteiger partial charge in [0.15, 0.2) is 17.3 Å². The number of nitrogens with zero attached hydrogens (tertiary/aromatic N) is 1. The zero-order valence-corrected chi connectivity index (χ0v) is 19.0. The summed E-state index contributed by atoms with van der Waals surface area (Å²) >= 11 is 0. The lowest BCUT2D eigenvalue weighted by molar-refractivity contribution is -0.130. The van der Waals surface area contributed by atoms with Gasteiger partial charge in [0.25, 0.3) is 0 Å². The Balaban J connectivity index is 1.31. The van der Waals surface area contributed by atoms with Crippen LogP contribution in [0.5, 0.6) is 11.5 Å². The van der Waals surface area contributed by atoms with Gasteiger partial charge in [-0.2, -0.15) is 0 Å². The highest BCUT2D eigenvalue weighted by Crippen LogP contribution is 2.42. The number of ketones is 1. The second-order valence-electron chi connectivity index (χ2n) is 9.08. The molecule has 0 radical (unpaired) electrons. The first-order valence-electron chi connectivity index (χ1n) is 12.0. The molecule has 4 unspecified atom stereocenters. The van der Waals surface area contributed by atoms with E-state index in [1.54, 1.807) is 11.2 Å². The molecule has 3 aliphatic heterocycles. The second-order valence-corrected chi connectivity index (χ2v) is 9.08. The van der Waals surface area contributed by atoms with Gasteiger partial charge in [-0.1, -0.05) is 19.4 Å². The number of allylic oxidation sites excluding steroid dienone is 1. The number of morpholine rings is 1. The Hall–Kier alpha value is -2.74. The fourth-order valence-corrected chi connectivity index (χ4v) is 5.24. The van der Waals surface area contributed by atoms with Gasteiger partial charge in [-0.25, -0.2) is 4.79 Å². The van der Waals surface area contributed by atoms with Crippen molar-refractivity contribution in [3.8, 4) is 11.5 Å². The molecular weight excluding hydrogens is 426 g/mol. The summed E-state index contributed by atoms with van der Waals surface area (Å²) in [5.41, 5.74) is 1.34. The third-order valence-corrected chi connectivity index (χ3v) is 6.99. The summed E-state index contributed by atoms with van der Waals surface area (Å²) in [6.07, 6.45) is 3.79. The topological polar surface area (TPSA) is 83.5 Å². The number of rotatable bonds is 4. The number of carbonyl (C=O) groups excluding carboxylic acids is 2. The molecule has 0 bridgehead atoms. The molecule has 2 fully saturated rings. The zero-order chi connectivity index (χ0) is 22.8. The van der Waals surface area contributed by atoms with E-state index in [2.05, 4.69) is 6.92 Å². The fourth-order valence-electron chi connectivity index (χ4n) is 5.24. The van der Waals surface area contributed by atoms with Crippen LogP contribution in [0.1, 0.15) is 38.2 Å². The van der Waals surface area contributed by atoms with Crippen molar-refractivity contribution in [3.05, 3.63) is 30.0 Å². The van der Waals surface area contributed by atoms with E-state index in [1.165, 1.54) is 0 Å². The molecular formula is C25H31NO7. The molecule has 0 spiro atoms. The number of ether oxygens (including phenoxy) is 5. The standard InChI is InChI=1S/C25H31NO7/c1-2-3-17-12-18-22(14-21(17)33-25(28)26-6-8-29-9-7-26)32-15-19(24(18)27)16-4-5-20-23(13-16)31-11-10-30-20/h4-5,13,15,17-18,21-22H,2-3,6-12,14H2,1H3. The number of hydrogen-bond donors (Lipinski definition) is 0. The first kappa shape index (κ1) is 22.1. The molecule has 1 aromatic carbocycles. The molecule has 0 N–H and O–H groups in total. The minimum Gasteiger partial charge on any atom is -0.496 e. The van der Waals surface area contributed by atoms with Crippen LogP contribution in [0.15, 0.2) is 24.5 Å². The fraction of sp³-hybridized carbons (Fsp3) is 0.600. The largest absolute Gasteiger partial charge is 0.496 e. The molecule has 1 aromatic rings. The van der Waals surface area contributed by atoms with E-state index in [0.29, 0.717) is 69.4 Å². The van der Waals surface area contributed by atoms with Gasteiger partial charge in [-0.15, -0.1) is 0 Å². The van der Waals surface area contributed by atoms with Gasteiger partial charge in [-0.3, -0.25) is 4.79 Å². The Labute approximate surface area is 193 Å². The Morgan fingerprint density at radius 3 is 2.67 bits per heavy atom. The monoisotopic (exact) mass is 457 g/mol. The van der Waals surface area contributed by atoms with E-state index in [4.69, 9.17) is 23.7 Å². The summed E-state index contributed by atoms with van der Waals surface area (Å²) in [6, 6.07) is 5.56. The summed E-state index contributed by atoms with van der Waals surface area (Å²) in [5, 5.41) is 0. The van der Waals surface area contributed by atoms with Gasteiger partial charge in [0.05, 0.1) is 31.0 Å². The lowest BCUT2D eigenvalue weighted by Crippen LogP contribution is -2.49. The molecule has 8 nitrogen and oxygen atoms in total. The number of carbonyl (C=O) groups is 2. The maximum absolute atomic E-state index is 13.5. The molecule has 4 atom stereocenters. The van der Waals surface area contributed by atoms with Crippen molar-refractivity contribution in [1.29, 1.82) is 0 Å². The first-order chi connectivity index (χ1) is 16.1. The third kappa shape index (κ3) is 4.53. The minimum absolute atomic E-state index is 0.0852. The molecule has 178 valence electrons. The maximum atomic E-state index is 13.5. The predicted molar refractivity (Wildman–Crippen MR) is 119 cm³/mol. The molecule has 33 heavy (non-hydrogen) atoms.